The van der Waals surface area contributed by atoms with Crippen LogP contribution in [0.25, 0.3) is 0 Å². The van der Waals surface area contributed by atoms with Gasteiger partial charge in [-0.05, 0) is 62.7 Å². The first-order chi connectivity index (χ1) is 11.2. The Morgan fingerprint density at radius 3 is 2.48 bits per heavy atom. The molecule has 0 amide bonds. The number of aromatic hydroxyl groups is 1. The second kappa shape index (κ2) is 8.68. The second-order valence-corrected chi connectivity index (χ2v) is 6.40. The first-order valence-electron chi connectivity index (χ1n) is 8.49. The Hall–Kier alpha value is -1.87. The summed E-state index contributed by atoms with van der Waals surface area (Å²) in [6.45, 7) is 4.57. The second-order valence-electron chi connectivity index (χ2n) is 6.40. The molecule has 0 aliphatic carbocycles. The third-order valence-corrected chi connectivity index (χ3v) is 4.72. The summed E-state index contributed by atoms with van der Waals surface area (Å²) in [6, 6.07) is 13.6. The number of aromatic nitrogens is 1. The molecule has 1 aliphatic rings. The molecule has 23 heavy (non-hydrogen) atoms. The highest BCUT2D eigenvalue weighted by molar-refractivity contribution is 5.33. The van der Waals surface area contributed by atoms with Gasteiger partial charge < -0.3 is 10.0 Å². The first-order valence-corrected chi connectivity index (χ1v) is 8.49. The summed E-state index contributed by atoms with van der Waals surface area (Å²) in [7, 11) is 2.21. The molecule has 2 aromatic rings. The number of pyridine rings is 1. The number of benzene rings is 1. The Morgan fingerprint density at radius 1 is 1.13 bits per heavy atom. The van der Waals surface area contributed by atoms with Crippen LogP contribution in [0.3, 0.4) is 0 Å². The fraction of sp³-hybridized carbons (Fsp3) is 0.450. The lowest BCUT2D eigenvalue weighted by Gasteiger charge is -2.35. The zero-order chi connectivity index (χ0) is 16.5. The van der Waals surface area contributed by atoms with Crippen molar-refractivity contribution in [1.82, 2.24) is 9.88 Å². The maximum absolute atomic E-state index is 9.68. The van der Waals surface area contributed by atoms with Crippen LogP contribution in [0, 0.1) is 0 Å². The maximum atomic E-state index is 9.68. The molecule has 0 saturated carbocycles. The van der Waals surface area contributed by atoms with Crippen molar-refractivity contribution in [3.8, 4) is 5.75 Å². The Morgan fingerprint density at radius 2 is 1.91 bits per heavy atom. The predicted octanol–water partition coefficient (Wildman–Crippen LogP) is 4.24. The van der Waals surface area contributed by atoms with E-state index in [1.807, 2.05) is 30.3 Å². The van der Waals surface area contributed by atoms with Crippen molar-refractivity contribution in [1.29, 1.82) is 0 Å². The normalized spacial score (nSPS) is 21.8. The highest BCUT2D eigenvalue weighted by atomic mass is 16.3. The number of likely N-dealkylation sites (tertiary alicyclic amines) is 1. The molecule has 1 aliphatic heterocycles. The van der Waals surface area contributed by atoms with E-state index in [4.69, 9.17) is 0 Å². The van der Waals surface area contributed by atoms with E-state index in [0.29, 0.717) is 5.75 Å². The van der Waals surface area contributed by atoms with Crippen LogP contribution in [0.4, 0.5) is 0 Å². The van der Waals surface area contributed by atoms with E-state index >= 15 is 0 Å². The standard InChI is InChI=1S/C15H23NO.C5H5N/c1-3-15(9-4-5-10-16(2)12-15)13-7-6-8-14(17)11-13;1-2-4-6-5-3-1/h6-8,11,17H,3-5,9-10,12H2,1-2H3;1-5H. The topological polar surface area (TPSA) is 36.4 Å². The summed E-state index contributed by atoms with van der Waals surface area (Å²) in [5, 5.41) is 9.68. The number of nitrogens with zero attached hydrogens (tertiary/aromatic N) is 2. The highest BCUT2D eigenvalue weighted by Gasteiger charge is 2.33. The molecule has 0 bridgehead atoms. The lowest BCUT2D eigenvalue weighted by molar-refractivity contribution is 0.256. The van der Waals surface area contributed by atoms with E-state index in [9.17, 15) is 5.11 Å². The largest absolute Gasteiger partial charge is 0.508 e. The van der Waals surface area contributed by atoms with E-state index < -0.39 is 0 Å². The average Bonchev–Trinajstić information content (AvgIpc) is 2.79. The molecule has 124 valence electrons. The SMILES string of the molecule is CCC1(c2cccc(O)c2)CCCCN(C)C1.c1ccncc1. The molecule has 3 rings (SSSR count). The average molecular weight is 312 g/mol. The van der Waals surface area contributed by atoms with Crippen LogP contribution in [0.1, 0.15) is 38.2 Å². The Labute approximate surface area is 140 Å². The van der Waals surface area contributed by atoms with Gasteiger partial charge in [-0.15, -0.1) is 0 Å². The zero-order valence-electron chi connectivity index (χ0n) is 14.3. The number of rotatable bonds is 2. The lowest BCUT2D eigenvalue weighted by atomic mass is 9.74. The Balaban J connectivity index is 0.000000268. The molecular weight excluding hydrogens is 284 g/mol. The van der Waals surface area contributed by atoms with E-state index in [1.54, 1.807) is 18.5 Å². The smallest absolute Gasteiger partial charge is 0.115 e. The number of likely N-dealkylation sites (N-methyl/N-ethyl adjacent to an activating group) is 1. The molecule has 3 nitrogen and oxygen atoms in total. The van der Waals surface area contributed by atoms with Crippen LogP contribution in [-0.4, -0.2) is 35.1 Å². The highest BCUT2D eigenvalue weighted by Crippen LogP contribution is 2.37. The summed E-state index contributed by atoms with van der Waals surface area (Å²) >= 11 is 0. The minimum absolute atomic E-state index is 0.226. The van der Waals surface area contributed by atoms with Gasteiger partial charge in [-0.2, -0.15) is 0 Å². The molecule has 2 heterocycles. The molecular formula is C20H28N2O. The van der Waals surface area contributed by atoms with Gasteiger partial charge in [0.2, 0.25) is 0 Å². The number of phenols is 1. The van der Waals surface area contributed by atoms with Gasteiger partial charge in [0.25, 0.3) is 0 Å². The van der Waals surface area contributed by atoms with Gasteiger partial charge in [-0.3, -0.25) is 4.98 Å². The van der Waals surface area contributed by atoms with Crippen molar-refractivity contribution in [2.75, 3.05) is 20.1 Å². The molecule has 0 radical (unpaired) electrons. The monoisotopic (exact) mass is 312 g/mol. The minimum atomic E-state index is 0.226. The fourth-order valence-electron chi connectivity index (χ4n) is 3.40. The van der Waals surface area contributed by atoms with Gasteiger partial charge >= 0.3 is 0 Å². The van der Waals surface area contributed by atoms with Gasteiger partial charge in [0.15, 0.2) is 0 Å². The van der Waals surface area contributed by atoms with E-state index in [1.165, 1.54) is 31.4 Å². The number of phenolic OH excluding ortho intramolecular Hbond substituents is 1. The van der Waals surface area contributed by atoms with Crippen LogP contribution >= 0.6 is 0 Å². The van der Waals surface area contributed by atoms with Gasteiger partial charge in [0.05, 0.1) is 0 Å². The van der Waals surface area contributed by atoms with Gasteiger partial charge in [-0.25, -0.2) is 0 Å². The maximum Gasteiger partial charge on any atom is 0.115 e. The van der Waals surface area contributed by atoms with Crippen molar-refractivity contribution in [3.63, 3.8) is 0 Å². The molecule has 3 heteroatoms. The Kier molecular flexibility index (Phi) is 6.60. The van der Waals surface area contributed by atoms with Gasteiger partial charge in [0, 0.05) is 24.4 Å². The third-order valence-electron chi connectivity index (χ3n) is 4.72. The number of hydrogen-bond donors (Lipinski definition) is 1. The van der Waals surface area contributed by atoms with Crippen LogP contribution in [0.15, 0.2) is 54.9 Å². The fourth-order valence-corrected chi connectivity index (χ4v) is 3.40. The van der Waals surface area contributed by atoms with Crippen molar-refractivity contribution in [3.05, 3.63) is 60.4 Å². The molecule has 1 aromatic carbocycles. The van der Waals surface area contributed by atoms with Crippen molar-refractivity contribution < 1.29 is 5.11 Å². The quantitative estimate of drug-likeness (QED) is 0.901. The van der Waals surface area contributed by atoms with Gasteiger partial charge in [-0.1, -0.05) is 31.5 Å². The summed E-state index contributed by atoms with van der Waals surface area (Å²) in [5.41, 5.74) is 1.53. The molecule has 1 saturated heterocycles. The van der Waals surface area contributed by atoms with E-state index in [0.717, 1.165) is 13.0 Å². The van der Waals surface area contributed by atoms with Crippen molar-refractivity contribution in [2.45, 2.75) is 38.0 Å². The summed E-state index contributed by atoms with van der Waals surface area (Å²) in [4.78, 5) is 6.22. The molecule has 1 fully saturated rings. The zero-order valence-corrected chi connectivity index (χ0v) is 14.3. The van der Waals surface area contributed by atoms with E-state index in [-0.39, 0.29) is 5.41 Å². The molecule has 1 aromatic heterocycles. The van der Waals surface area contributed by atoms with Crippen molar-refractivity contribution in [2.24, 2.45) is 0 Å². The predicted molar refractivity (Wildman–Crippen MR) is 95.7 cm³/mol. The third kappa shape index (κ3) is 5.07. The van der Waals surface area contributed by atoms with Crippen LogP contribution in [0.2, 0.25) is 0 Å². The summed E-state index contributed by atoms with van der Waals surface area (Å²) in [6.07, 6.45) is 8.45. The van der Waals surface area contributed by atoms with Crippen LogP contribution in [-0.2, 0) is 5.41 Å². The molecule has 1 atom stereocenters. The minimum Gasteiger partial charge on any atom is -0.508 e. The molecule has 1 N–H and O–H groups in total. The molecule has 1 unspecified atom stereocenters. The first kappa shape index (κ1) is 17.5. The Bertz CT molecular complexity index is 546. The van der Waals surface area contributed by atoms with Crippen LogP contribution in [0.5, 0.6) is 5.75 Å². The van der Waals surface area contributed by atoms with Crippen molar-refractivity contribution >= 4 is 0 Å². The van der Waals surface area contributed by atoms with E-state index in [2.05, 4.69) is 29.9 Å². The lowest BCUT2D eigenvalue weighted by Crippen LogP contribution is -2.37. The summed E-state index contributed by atoms with van der Waals surface area (Å²) in [5.74, 6) is 0.391. The summed E-state index contributed by atoms with van der Waals surface area (Å²) < 4.78 is 0. The van der Waals surface area contributed by atoms with Crippen LogP contribution < -0.4 is 0 Å². The molecule has 0 spiro atoms. The van der Waals surface area contributed by atoms with Gasteiger partial charge in [0.1, 0.15) is 5.75 Å². The number of hydrogen-bond acceptors (Lipinski definition) is 3.